The molecule has 0 fully saturated rings. The Morgan fingerprint density at radius 1 is 1.47 bits per heavy atom. The van der Waals surface area contributed by atoms with E-state index < -0.39 is 0 Å². The molecule has 0 aliphatic rings. The van der Waals surface area contributed by atoms with Crippen molar-refractivity contribution in [3.63, 3.8) is 0 Å². The molecule has 1 atom stereocenters. The van der Waals surface area contributed by atoms with Gasteiger partial charge in [0.2, 0.25) is 0 Å². The first kappa shape index (κ1) is 13.5. The molecule has 0 aliphatic carbocycles. The summed E-state index contributed by atoms with van der Waals surface area (Å²) in [6, 6.07) is 1.99. The molecule has 0 aromatic carbocycles. The van der Waals surface area contributed by atoms with E-state index in [9.17, 15) is 4.79 Å². The van der Waals surface area contributed by atoms with Gasteiger partial charge in [0, 0.05) is 18.8 Å². The van der Waals surface area contributed by atoms with Crippen molar-refractivity contribution < 1.29 is 4.79 Å². The Morgan fingerprint density at radius 3 is 2.79 bits per heavy atom. The summed E-state index contributed by atoms with van der Waals surface area (Å²) in [5.41, 5.74) is 3.07. The van der Waals surface area contributed by atoms with Gasteiger partial charge in [-0.15, -0.1) is 0 Å². The zero-order chi connectivity index (χ0) is 14.2. The Labute approximate surface area is 113 Å². The van der Waals surface area contributed by atoms with Crippen LogP contribution in [0, 0.1) is 13.8 Å². The normalized spacial score (nSPS) is 12.7. The van der Waals surface area contributed by atoms with Crippen molar-refractivity contribution in [1.29, 1.82) is 0 Å². The van der Waals surface area contributed by atoms with Crippen LogP contribution in [-0.2, 0) is 7.05 Å². The Balaban J connectivity index is 2.56. The fourth-order valence-corrected chi connectivity index (χ4v) is 2.15. The zero-order valence-corrected chi connectivity index (χ0v) is 12.1. The van der Waals surface area contributed by atoms with Crippen molar-refractivity contribution in [2.45, 2.75) is 40.2 Å². The van der Waals surface area contributed by atoms with E-state index >= 15 is 0 Å². The van der Waals surface area contributed by atoms with Gasteiger partial charge in [-0.25, -0.2) is 4.98 Å². The lowest BCUT2D eigenvalue weighted by atomic mass is 10.1. The number of hydrogen-bond donors (Lipinski definition) is 1. The second-order valence-electron chi connectivity index (χ2n) is 5.00. The van der Waals surface area contributed by atoms with E-state index in [1.54, 1.807) is 4.68 Å². The SMILES string of the molecule is CCC(C)NC(=O)c1cc(C)nc2c1c(C)nn2C. The molecule has 0 aliphatic heterocycles. The minimum absolute atomic E-state index is 0.0547. The van der Waals surface area contributed by atoms with Crippen LogP contribution in [-0.4, -0.2) is 26.7 Å². The van der Waals surface area contributed by atoms with E-state index in [0.29, 0.717) is 5.56 Å². The minimum atomic E-state index is -0.0547. The first-order valence-corrected chi connectivity index (χ1v) is 6.55. The molecule has 5 nitrogen and oxygen atoms in total. The first-order chi connectivity index (χ1) is 8.93. The third kappa shape index (κ3) is 2.45. The summed E-state index contributed by atoms with van der Waals surface area (Å²) in [6.45, 7) is 7.84. The number of rotatable bonds is 3. The summed E-state index contributed by atoms with van der Waals surface area (Å²) in [5.74, 6) is -0.0547. The van der Waals surface area contributed by atoms with Crippen LogP contribution in [0.2, 0.25) is 0 Å². The van der Waals surface area contributed by atoms with Gasteiger partial charge in [0.1, 0.15) is 0 Å². The average molecular weight is 260 g/mol. The Bertz CT molecular complexity index is 630. The zero-order valence-electron chi connectivity index (χ0n) is 12.1. The van der Waals surface area contributed by atoms with Gasteiger partial charge in [-0.3, -0.25) is 9.48 Å². The molecule has 19 heavy (non-hydrogen) atoms. The van der Waals surface area contributed by atoms with E-state index in [2.05, 4.69) is 15.4 Å². The van der Waals surface area contributed by atoms with Crippen LogP contribution in [0.5, 0.6) is 0 Å². The standard InChI is InChI=1S/C14H20N4O/c1-6-8(2)16-14(19)11-7-9(3)15-13-12(11)10(4)17-18(13)5/h7-8H,6H2,1-5H3,(H,16,19). The first-order valence-electron chi connectivity index (χ1n) is 6.55. The average Bonchev–Trinajstić information content (AvgIpc) is 2.63. The van der Waals surface area contributed by atoms with Gasteiger partial charge in [-0.1, -0.05) is 6.92 Å². The van der Waals surface area contributed by atoms with Crippen molar-refractivity contribution in [2.24, 2.45) is 7.05 Å². The minimum Gasteiger partial charge on any atom is -0.350 e. The van der Waals surface area contributed by atoms with Crippen molar-refractivity contribution in [3.8, 4) is 0 Å². The monoisotopic (exact) mass is 260 g/mol. The van der Waals surface area contributed by atoms with Crippen molar-refractivity contribution in [1.82, 2.24) is 20.1 Å². The summed E-state index contributed by atoms with van der Waals surface area (Å²) >= 11 is 0. The maximum absolute atomic E-state index is 12.4. The summed E-state index contributed by atoms with van der Waals surface area (Å²) in [7, 11) is 1.85. The summed E-state index contributed by atoms with van der Waals surface area (Å²) in [6.07, 6.45) is 0.908. The van der Waals surface area contributed by atoms with Gasteiger partial charge < -0.3 is 5.32 Å². The molecule has 5 heteroatoms. The van der Waals surface area contributed by atoms with E-state index in [1.165, 1.54) is 0 Å². The van der Waals surface area contributed by atoms with E-state index in [0.717, 1.165) is 28.8 Å². The fourth-order valence-electron chi connectivity index (χ4n) is 2.15. The van der Waals surface area contributed by atoms with Gasteiger partial charge >= 0.3 is 0 Å². The number of aromatic nitrogens is 3. The molecule has 1 amide bonds. The topological polar surface area (TPSA) is 59.8 Å². The van der Waals surface area contributed by atoms with Gasteiger partial charge in [-0.05, 0) is 33.3 Å². The summed E-state index contributed by atoms with van der Waals surface area (Å²) in [4.78, 5) is 16.8. The fraction of sp³-hybridized carbons (Fsp3) is 0.500. The number of nitrogens with zero attached hydrogens (tertiary/aromatic N) is 3. The van der Waals surface area contributed by atoms with Crippen LogP contribution in [0.15, 0.2) is 6.07 Å². The highest BCUT2D eigenvalue weighted by Crippen LogP contribution is 2.21. The third-order valence-corrected chi connectivity index (χ3v) is 3.33. The summed E-state index contributed by atoms with van der Waals surface area (Å²) < 4.78 is 1.72. The molecule has 2 rings (SSSR count). The molecule has 1 N–H and O–H groups in total. The lowest BCUT2D eigenvalue weighted by Gasteiger charge is -2.12. The number of fused-ring (bicyclic) bond motifs is 1. The van der Waals surface area contributed by atoms with Crippen LogP contribution in [0.3, 0.4) is 0 Å². The van der Waals surface area contributed by atoms with Crippen LogP contribution >= 0.6 is 0 Å². The maximum atomic E-state index is 12.4. The largest absolute Gasteiger partial charge is 0.350 e. The highest BCUT2D eigenvalue weighted by molar-refractivity contribution is 6.06. The Morgan fingerprint density at radius 2 is 2.16 bits per heavy atom. The highest BCUT2D eigenvalue weighted by Gasteiger charge is 2.18. The molecule has 102 valence electrons. The van der Waals surface area contributed by atoms with Crippen LogP contribution < -0.4 is 5.32 Å². The molecule has 0 saturated heterocycles. The van der Waals surface area contributed by atoms with Crippen LogP contribution in [0.1, 0.15) is 42.0 Å². The maximum Gasteiger partial charge on any atom is 0.252 e. The summed E-state index contributed by atoms with van der Waals surface area (Å²) in [5, 5.41) is 8.19. The number of carbonyl (C=O) groups excluding carboxylic acids is 1. The second-order valence-corrected chi connectivity index (χ2v) is 5.00. The van der Waals surface area contributed by atoms with Gasteiger partial charge in [0.15, 0.2) is 5.65 Å². The predicted octanol–water partition coefficient (Wildman–Crippen LogP) is 2.11. The molecular formula is C14H20N4O. The molecule has 2 aromatic rings. The van der Waals surface area contributed by atoms with Crippen LogP contribution in [0.4, 0.5) is 0 Å². The predicted molar refractivity (Wildman–Crippen MR) is 75.2 cm³/mol. The van der Waals surface area contributed by atoms with Crippen molar-refractivity contribution in [2.75, 3.05) is 0 Å². The van der Waals surface area contributed by atoms with Crippen molar-refractivity contribution in [3.05, 3.63) is 23.0 Å². The molecule has 0 bridgehead atoms. The molecule has 0 spiro atoms. The molecule has 0 saturated carbocycles. The number of carbonyl (C=O) groups is 1. The highest BCUT2D eigenvalue weighted by atomic mass is 16.1. The van der Waals surface area contributed by atoms with E-state index in [1.807, 2.05) is 40.8 Å². The van der Waals surface area contributed by atoms with Crippen LogP contribution in [0.25, 0.3) is 11.0 Å². The number of aryl methyl sites for hydroxylation is 3. The lowest BCUT2D eigenvalue weighted by molar-refractivity contribution is 0.0940. The number of amides is 1. The molecule has 1 unspecified atom stereocenters. The van der Waals surface area contributed by atoms with E-state index in [4.69, 9.17) is 0 Å². The lowest BCUT2D eigenvalue weighted by Crippen LogP contribution is -2.32. The number of pyridine rings is 1. The van der Waals surface area contributed by atoms with Gasteiger partial charge in [-0.2, -0.15) is 5.10 Å². The number of hydrogen-bond acceptors (Lipinski definition) is 3. The quantitative estimate of drug-likeness (QED) is 0.919. The Kier molecular flexibility index (Phi) is 3.55. The van der Waals surface area contributed by atoms with Crippen molar-refractivity contribution >= 4 is 16.9 Å². The van der Waals surface area contributed by atoms with E-state index in [-0.39, 0.29) is 11.9 Å². The smallest absolute Gasteiger partial charge is 0.252 e. The molecule has 2 heterocycles. The van der Waals surface area contributed by atoms with Gasteiger partial charge in [0.05, 0.1) is 16.6 Å². The molecular weight excluding hydrogens is 240 g/mol. The molecule has 0 radical (unpaired) electrons. The molecule has 2 aromatic heterocycles. The third-order valence-electron chi connectivity index (χ3n) is 3.33. The second kappa shape index (κ2) is 4.99. The number of nitrogens with one attached hydrogen (secondary N) is 1. The Hall–Kier alpha value is -1.91. The van der Waals surface area contributed by atoms with Gasteiger partial charge in [0.25, 0.3) is 5.91 Å².